The van der Waals surface area contributed by atoms with E-state index in [1.54, 1.807) is 13.0 Å². The van der Waals surface area contributed by atoms with Gasteiger partial charge in [0.05, 0.1) is 46.6 Å². The first-order valence-corrected chi connectivity index (χ1v) is 11.2. The molecular weight excluding hydrogens is 471 g/mol. The van der Waals surface area contributed by atoms with Crippen molar-refractivity contribution in [3.8, 4) is 6.07 Å². The summed E-state index contributed by atoms with van der Waals surface area (Å²) in [5, 5.41) is 14.1. The number of allylic oxidation sites excluding steroid dienone is 1. The third-order valence-corrected chi connectivity index (χ3v) is 6.90. The first-order chi connectivity index (χ1) is 16.1. The van der Waals surface area contributed by atoms with E-state index in [-0.39, 0.29) is 34.2 Å². The number of methoxy groups -OCH3 is 1. The number of nitriles is 1. The van der Waals surface area contributed by atoms with E-state index in [1.165, 1.54) is 18.6 Å². The van der Waals surface area contributed by atoms with Gasteiger partial charge >= 0.3 is 18.1 Å². The van der Waals surface area contributed by atoms with Crippen LogP contribution in [0.15, 0.2) is 40.2 Å². The summed E-state index contributed by atoms with van der Waals surface area (Å²) in [5.41, 5.74) is 5.31. The molecule has 1 aromatic heterocycles. The van der Waals surface area contributed by atoms with Crippen molar-refractivity contribution in [1.29, 1.82) is 5.26 Å². The van der Waals surface area contributed by atoms with Crippen molar-refractivity contribution in [2.45, 2.75) is 31.9 Å². The highest BCUT2D eigenvalue weighted by Crippen LogP contribution is 2.46. The number of carbonyl (C=O) groups excluding carboxylic acids is 2. The topological polar surface area (TPSA) is 114 Å². The molecule has 4 rings (SSSR count). The van der Waals surface area contributed by atoms with Crippen LogP contribution in [0.3, 0.4) is 0 Å². The summed E-state index contributed by atoms with van der Waals surface area (Å²) in [6, 6.07) is 3.70. The molecule has 0 spiro atoms. The molecule has 1 unspecified atom stereocenters. The Morgan fingerprint density at radius 2 is 1.97 bits per heavy atom. The summed E-state index contributed by atoms with van der Waals surface area (Å²) in [6.45, 7) is 1.78. The molecule has 0 radical (unpaired) electrons. The number of halogens is 3. The lowest BCUT2D eigenvalue weighted by Crippen LogP contribution is -2.36. The summed E-state index contributed by atoms with van der Waals surface area (Å²) in [5.74, 6) is -2.27. The minimum absolute atomic E-state index is 0.0253. The van der Waals surface area contributed by atoms with E-state index in [0.29, 0.717) is 16.6 Å². The fourth-order valence-electron chi connectivity index (χ4n) is 4.02. The molecule has 1 fully saturated rings. The number of hydrogen-bond donors (Lipinski definition) is 2. The van der Waals surface area contributed by atoms with E-state index in [9.17, 15) is 28.0 Å². The van der Waals surface area contributed by atoms with Crippen LogP contribution in [0.1, 0.15) is 42.4 Å². The molecule has 0 bridgehead atoms. The number of esters is 2. The standard InChI is InChI=1S/C23H20F3N3O4S/c1-10-16(21(30)32-2)17(18(20(28)29-10)22(31)33-8-11-3-4-11)14-9-34-19-12(14)5-6-15(13(19)7-27)23(24,25)26/h5-6,9,11,17,29H,3-4,8,28H2,1-2H3. The summed E-state index contributed by atoms with van der Waals surface area (Å²) < 4.78 is 50.8. The molecule has 1 aliphatic heterocycles. The zero-order valence-electron chi connectivity index (χ0n) is 18.2. The molecule has 2 aliphatic rings. The molecule has 0 saturated heterocycles. The second-order valence-corrected chi connectivity index (χ2v) is 9.00. The van der Waals surface area contributed by atoms with Crippen LogP contribution in [0.25, 0.3) is 10.1 Å². The number of benzene rings is 1. The van der Waals surface area contributed by atoms with Crippen LogP contribution in [0.2, 0.25) is 0 Å². The predicted octanol–water partition coefficient (Wildman–Crippen LogP) is 4.05. The van der Waals surface area contributed by atoms with Gasteiger partial charge in [-0.2, -0.15) is 18.4 Å². The minimum atomic E-state index is -4.71. The summed E-state index contributed by atoms with van der Waals surface area (Å²) in [7, 11) is 1.18. The van der Waals surface area contributed by atoms with E-state index in [0.717, 1.165) is 30.2 Å². The lowest BCUT2D eigenvalue weighted by molar-refractivity contribution is -0.140. The normalized spacial score (nSPS) is 18.5. The fourth-order valence-corrected chi connectivity index (χ4v) is 5.11. The molecule has 34 heavy (non-hydrogen) atoms. The summed E-state index contributed by atoms with van der Waals surface area (Å²) in [6.07, 6.45) is -2.82. The van der Waals surface area contributed by atoms with Gasteiger partial charge in [-0.05, 0) is 48.1 Å². The molecule has 11 heteroatoms. The monoisotopic (exact) mass is 491 g/mol. The van der Waals surface area contributed by atoms with Crippen LogP contribution in [-0.4, -0.2) is 25.7 Å². The Morgan fingerprint density at radius 1 is 1.26 bits per heavy atom. The highest BCUT2D eigenvalue weighted by atomic mass is 32.1. The molecule has 0 amide bonds. The summed E-state index contributed by atoms with van der Waals surface area (Å²) in [4.78, 5) is 25.8. The number of ether oxygens (including phenoxy) is 2. The lowest BCUT2D eigenvalue weighted by Gasteiger charge is -2.29. The van der Waals surface area contributed by atoms with E-state index in [4.69, 9.17) is 15.2 Å². The van der Waals surface area contributed by atoms with Crippen LogP contribution >= 0.6 is 11.3 Å². The van der Waals surface area contributed by atoms with Crippen LogP contribution in [-0.2, 0) is 25.2 Å². The van der Waals surface area contributed by atoms with Gasteiger partial charge in [0, 0.05) is 5.70 Å². The van der Waals surface area contributed by atoms with Crippen molar-refractivity contribution in [1.82, 2.24) is 5.32 Å². The molecule has 7 nitrogen and oxygen atoms in total. The van der Waals surface area contributed by atoms with Crippen LogP contribution in [0, 0.1) is 17.2 Å². The van der Waals surface area contributed by atoms with Gasteiger partial charge in [0.15, 0.2) is 0 Å². The molecule has 2 heterocycles. The third kappa shape index (κ3) is 4.09. The lowest BCUT2D eigenvalue weighted by atomic mass is 9.81. The smallest absolute Gasteiger partial charge is 0.417 e. The Labute approximate surface area is 196 Å². The molecule has 3 N–H and O–H groups in total. The average molecular weight is 491 g/mol. The van der Waals surface area contributed by atoms with Gasteiger partial charge in [0.1, 0.15) is 11.9 Å². The number of thiophene rings is 1. The Morgan fingerprint density at radius 3 is 2.56 bits per heavy atom. The van der Waals surface area contributed by atoms with Crippen molar-refractivity contribution >= 4 is 33.4 Å². The number of nitrogens with two attached hydrogens (primary N) is 1. The number of hydrogen-bond acceptors (Lipinski definition) is 8. The number of nitrogens with one attached hydrogen (secondary N) is 1. The first kappa shape index (κ1) is 23.6. The van der Waals surface area contributed by atoms with Crippen molar-refractivity contribution in [2.24, 2.45) is 11.7 Å². The third-order valence-electron chi connectivity index (χ3n) is 5.87. The molecule has 1 atom stereocenters. The number of fused-ring (bicyclic) bond motifs is 1. The highest BCUT2D eigenvalue weighted by molar-refractivity contribution is 7.17. The molecule has 1 saturated carbocycles. The number of nitrogens with zero attached hydrogens (tertiary/aromatic N) is 1. The van der Waals surface area contributed by atoms with Gasteiger partial charge in [-0.1, -0.05) is 6.07 Å². The molecular formula is C23H20F3N3O4S. The van der Waals surface area contributed by atoms with E-state index >= 15 is 0 Å². The molecule has 1 aromatic carbocycles. The second kappa shape index (κ2) is 8.68. The summed E-state index contributed by atoms with van der Waals surface area (Å²) >= 11 is 0.922. The maximum atomic E-state index is 13.5. The zero-order chi connectivity index (χ0) is 24.8. The zero-order valence-corrected chi connectivity index (χ0v) is 19.0. The number of carbonyl (C=O) groups is 2. The minimum Gasteiger partial charge on any atom is -0.466 e. The number of rotatable bonds is 5. The highest BCUT2D eigenvalue weighted by Gasteiger charge is 2.41. The maximum Gasteiger partial charge on any atom is 0.417 e. The van der Waals surface area contributed by atoms with Gasteiger partial charge in [-0.15, -0.1) is 11.3 Å². The van der Waals surface area contributed by atoms with Crippen molar-refractivity contribution in [2.75, 3.05) is 13.7 Å². The molecule has 2 aromatic rings. The Balaban J connectivity index is 1.91. The van der Waals surface area contributed by atoms with E-state index < -0.39 is 35.2 Å². The van der Waals surface area contributed by atoms with Gasteiger partial charge < -0.3 is 20.5 Å². The fraction of sp³-hybridized carbons (Fsp3) is 0.348. The largest absolute Gasteiger partial charge is 0.466 e. The van der Waals surface area contributed by atoms with Gasteiger partial charge in [-0.25, -0.2) is 9.59 Å². The first-order valence-electron chi connectivity index (χ1n) is 10.3. The van der Waals surface area contributed by atoms with Crippen molar-refractivity contribution < 1.29 is 32.2 Å². The quantitative estimate of drug-likeness (QED) is 0.607. The SMILES string of the molecule is COC(=O)C1=C(C)NC(N)=C(C(=O)OCC2CC2)C1c1csc2c(C#N)c(C(F)(F)F)ccc12. The number of dihydropyridines is 1. The Hall–Kier alpha value is -3.52. The maximum absolute atomic E-state index is 13.5. The van der Waals surface area contributed by atoms with Gasteiger partial charge in [0.2, 0.25) is 0 Å². The second-order valence-electron chi connectivity index (χ2n) is 8.12. The average Bonchev–Trinajstić information content (AvgIpc) is 3.51. The van der Waals surface area contributed by atoms with E-state index in [2.05, 4.69) is 5.32 Å². The molecule has 1 aliphatic carbocycles. The predicted molar refractivity (Wildman–Crippen MR) is 117 cm³/mol. The van der Waals surface area contributed by atoms with Crippen LogP contribution in [0.4, 0.5) is 13.2 Å². The number of alkyl halides is 3. The molecule has 178 valence electrons. The van der Waals surface area contributed by atoms with Crippen molar-refractivity contribution in [3.05, 3.63) is 56.9 Å². The van der Waals surface area contributed by atoms with Gasteiger partial charge in [0.25, 0.3) is 0 Å². The Kier molecular flexibility index (Phi) is 6.03. The van der Waals surface area contributed by atoms with Gasteiger partial charge in [-0.3, -0.25) is 0 Å². The van der Waals surface area contributed by atoms with E-state index in [1.807, 2.05) is 0 Å². The Bertz CT molecular complexity index is 1300. The van der Waals surface area contributed by atoms with Crippen molar-refractivity contribution in [3.63, 3.8) is 0 Å². The van der Waals surface area contributed by atoms with Crippen LogP contribution < -0.4 is 11.1 Å². The van der Waals surface area contributed by atoms with Crippen LogP contribution in [0.5, 0.6) is 0 Å².